The largest absolute Gasteiger partial charge is 0.493 e. The van der Waals surface area contributed by atoms with Crippen molar-refractivity contribution in [3.8, 4) is 5.75 Å². The standard InChI is InChI=1S/C25H25F7N4O5S/c1-2-36-10-8-19(34-36)16-13-23(25(30,31)32,33-21(37)20(16)22(38)35-42(39,40)15-5-6-15)17-7-4-14(12-18(17)26)41-11-3-9-24(27,28)29/h4,7-8,10,12,15H,2-3,5-6,9,11,13H2,1H3,(H,33,37)(H,35,38). The predicted octanol–water partition coefficient (Wildman–Crippen LogP) is 4.10. The average molecular weight is 627 g/mol. The highest BCUT2D eigenvalue weighted by Crippen LogP contribution is 2.49. The molecule has 2 aromatic rings. The lowest BCUT2D eigenvalue weighted by atomic mass is 9.77. The van der Waals surface area contributed by atoms with Gasteiger partial charge >= 0.3 is 12.4 Å². The van der Waals surface area contributed by atoms with E-state index in [0.29, 0.717) is 12.1 Å². The first kappa shape index (κ1) is 31.3. The second-order valence-corrected chi connectivity index (χ2v) is 11.8. The van der Waals surface area contributed by atoms with Gasteiger partial charge < -0.3 is 10.1 Å². The molecule has 1 aliphatic carbocycles. The van der Waals surface area contributed by atoms with Crippen molar-refractivity contribution >= 4 is 27.4 Å². The van der Waals surface area contributed by atoms with Gasteiger partial charge in [0.25, 0.3) is 11.8 Å². The molecule has 1 atom stereocenters. The van der Waals surface area contributed by atoms with Crippen molar-refractivity contribution in [3.63, 3.8) is 0 Å². The van der Waals surface area contributed by atoms with Gasteiger partial charge in [0.15, 0.2) is 5.54 Å². The molecule has 230 valence electrons. The highest BCUT2D eigenvalue weighted by atomic mass is 32.2. The zero-order valence-corrected chi connectivity index (χ0v) is 22.7. The molecule has 2 amide bonds. The van der Waals surface area contributed by atoms with E-state index in [1.54, 1.807) is 17.0 Å². The van der Waals surface area contributed by atoms with Gasteiger partial charge in [-0.1, -0.05) is 0 Å². The average Bonchev–Trinajstić information content (AvgIpc) is 3.63. The fourth-order valence-electron chi connectivity index (χ4n) is 4.47. The third kappa shape index (κ3) is 6.55. The molecule has 4 rings (SSSR count). The Morgan fingerprint density at radius 2 is 1.88 bits per heavy atom. The molecule has 2 N–H and O–H groups in total. The normalized spacial score (nSPS) is 20.0. The molecule has 1 aliphatic heterocycles. The maximum Gasteiger partial charge on any atom is 0.416 e. The molecule has 2 aliphatic rings. The first-order chi connectivity index (χ1) is 19.5. The van der Waals surface area contributed by atoms with Gasteiger partial charge in [-0.05, 0) is 44.4 Å². The Balaban J connectivity index is 1.75. The first-order valence-electron chi connectivity index (χ1n) is 12.7. The number of nitrogens with zero attached hydrogens (tertiary/aromatic N) is 2. The number of rotatable bonds is 10. The van der Waals surface area contributed by atoms with Crippen LogP contribution in [-0.2, 0) is 31.7 Å². The summed E-state index contributed by atoms with van der Waals surface area (Å²) < 4.78 is 130. The first-order valence-corrected chi connectivity index (χ1v) is 14.2. The van der Waals surface area contributed by atoms with E-state index in [1.165, 1.54) is 16.9 Å². The summed E-state index contributed by atoms with van der Waals surface area (Å²) in [7, 11) is -4.20. The summed E-state index contributed by atoms with van der Waals surface area (Å²) in [6, 6.07) is 3.36. The van der Waals surface area contributed by atoms with Crippen LogP contribution < -0.4 is 14.8 Å². The van der Waals surface area contributed by atoms with E-state index in [2.05, 4.69) is 5.10 Å². The van der Waals surface area contributed by atoms with Crippen LogP contribution in [0.4, 0.5) is 30.7 Å². The van der Waals surface area contributed by atoms with Gasteiger partial charge in [-0.2, -0.15) is 31.4 Å². The van der Waals surface area contributed by atoms with Crippen molar-refractivity contribution in [1.82, 2.24) is 19.8 Å². The molecule has 0 spiro atoms. The van der Waals surface area contributed by atoms with Crippen LogP contribution in [0.2, 0.25) is 0 Å². The number of alkyl halides is 6. The topological polar surface area (TPSA) is 119 Å². The summed E-state index contributed by atoms with van der Waals surface area (Å²) in [5, 5.41) is 4.89. The van der Waals surface area contributed by atoms with E-state index < -0.39 is 93.4 Å². The molecular formula is C25H25F7N4O5S. The number of carbonyl (C=O) groups is 2. The van der Waals surface area contributed by atoms with Crippen LogP contribution in [0.5, 0.6) is 5.75 Å². The van der Waals surface area contributed by atoms with Crippen LogP contribution in [0.15, 0.2) is 36.0 Å². The Hall–Kier alpha value is -3.63. The summed E-state index contributed by atoms with van der Waals surface area (Å²) in [6.07, 6.45) is -10.8. The van der Waals surface area contributed by atoms with E-state index >= 15 is 4.39 Å². The summed E-state index contributed by atoms with van der Waals surface area (Å²) in [6.45, 7) is 1.44. The molecule has 1 aromatic heterocycles. The second-order valence-electron chi connectivity index (χ2n) is 9.83. The molecular weight excluding hydrogens is 601 g/mol. The molecule has 0 radical (unpaired) electrons. The van der Waals surface area contributed by atoms with Crippen LogP contribution >= 0.6 is 0 Å². The highest BCUT2D eigenvalue weighted by molar-refractivity contribution is 7.91. The fourth-order valence-corrected chi connectivity index (χ4v) is 5.76. The monoisotopic (exact) mass is 626 g/mol. The Morgan fingerprint density at radius 3 is 2.43 bits per heavy atom. The molecule has 2 heterocycles. The fraction of sp³-hybridized carbons (Fsp3) is 0.480. The number of sulfonamides is 1. The molecule has 9 nitrogen and oxygen atoms in total. The van der Waals surface area contributed by atoms with E-state index in [9.17, 15) is 44.3 Å². The Labute approximate surface area is 235 Å². The van der Waals surface area contributed by atoms with Crippen LogP contribution in [-0.4, -0.2) is 54.2 Å². The quantitative estimate of drug-likeness (QED) is 0.233. The van der Waals surface area contributed by atoms with Gasteiger partial charge in [0.2, 0.25) is 10.0 Å². The summed E-state index contributed by atoms with van der Waals surface area (Å²) in [5.41, 5.74) is -6.24. The van der Waals surface area contributed by atoms with Crippen molar-refractivity contribution in [2.45, 2.75) is 68.7 Å². The summed E-state index contributed by atoms with van der Waals surface area (Å²) in [5.74, 6) is -4.92. The molecule has 42 heavy (non-hydrogen) atoms. The van der Waals surface area contributed by atoms with Gasteiger partial charge in [-0.25, -0.2) is 17.5 Å². The van der Waals surface area contributed by atoms with Crippen LogP contribution in [0.25, 0.3) is 5.57 Å². The van der Waals surface area contributed by atoms with Crippen molar-refractivity contribution < 1.29 is 53.5 Å². The van der Waals surface area contributed by atoms with Crippen molar-refractivity contribution in [3.05, 3.63) is 53.1 Å². The van der Waals surface area contributed by atoms with E-state index in [4.69, 9.17) is 4.74 Å². The van der Waals surface area contributed by atoms with Gasteiger partial charge in [0.05, 0.1) is 17.6 Å². The number of aromatic nitrogens is 2. The molecule has 1 unspecified atom stereocenters. The Morgan fingerprint density at radius 1 is 1.19 bits per heavy atom. The van der Waals surface area contributed by atoms with E-state index in [-0.39, 0.29) is 30.8 Å². The third-order valence-electron chi connectivity index (χ3n) is 6.75. The minimum absolute atomic E-state index is 0.237. The SMILES string of the molecule is CCn1ccc(C2=C(C(=O)NS(=O)(=O)C3CC3)C(=O)NC(c3ccc(OCCCC(F)(F)F)cc3F)(C(F)(F)F)C2)n1. The summed E-state index contributed by atoms with van der Waals surface area (Å²) in [4.78, 5) is 26.3. The number of amides is 2. The van der Waals surface area contributed by atoms with Crippen molar-refractivity contribution in [2.24, 2.45) is 0 Å². The summed E-state index contributed by atoms with van der Waals surface area (Å²) >= 11 is 0. The van der Waals surface area contributed by atoms with Crippen LogP contribution in [0.3, 0.4) is 0 Å². The van der Waals surface area contributed by atoms with E-state index in [0.717, 1.165) is 6.07 Å². The maximum atomic E-state index is 15.3. The van der Waals surface area contributed by atoms with E-state index in [1.807, 2.05) is 0 Å². The minimum Gasteiger partial charge on any atom is -0.493 e. The van der Waals surface area contributed by atoms with Crippen molar-refractivity contribution in [1.29, 1.82) is 0 Å². The van der Waals surface area contributed by atoms with Crippen molar-refractivity contribution in [2.75, 3.05) is 6.61 Å². The molecule has 1 saturated carbocycles. The lowest BCUT2D eigenvalue weighted by molar-refractivity contribution is -0.202. The highest BCUT2D eigenvalue weighted by Gasteiger charge is 2.61. The predicted molar refractivity (Wildman–Crippen MR) is 133 cm³/mol. The molecule has 1 aromatic carbocycles. The van der Waals surface area contributed by atoms with Gasteiger partial charge in [0.1, 0.15) is 17.1 Å². The molecule has 0 saturated heterocycles. The number of aryl methyl sites for hydroxylation is 1. The second kappa shape index (κ2) is 11.2. The van der Waals surface area contributed by atoms with Gasteiger partial charge in [0, 0.05) is 42.8 Å². The maximum absolute atomic E-state index is 15.3. The third-order valence-corrected chi connectivity index (χ3v) is 8.57. The number of ether oxygens (including phenoxy) is 1. The number of carbonyl (C=O) groups excluding carboxylic acids is 2. The Bertz CT molecular complexity index is 1510. The molecule has 17 heteroatoms. The lowest BCUT2D eigenvalue weighted by Gasteiger charge is -2.41. The number of hydrogen-bond donors (Lipinski definition) is 2. The zero-order chi connectivity index (χ0) is 31.1. The smallest absolute Gasteiger partial charge is 0.416 e. The van der Waals surface area contributed by atoms with Crippen LogP contribution in [0, 0.1) is 5.82 Å². The number of nitrogens with one attached hydrogen (secondary N) is 2. The Kier molecular flexibility index (Phi) is 8.37. The molecule has 0 bridgehead atoms. The van der Waals surface area contributed by atoms with Gasteiger partial charge in [-0.3, -0.25) is 14.3 Å². The van der Waals surface area contributed by atoms with Crippen LogP contribution in [0.1, 0.15) is 50.3 Å². The zero-order valence-electron chi connectivity index (χ0n) is 21.9. The number of hydrogen-bond acceptors (Lipinski definition) is 6. The molecule has 1 fully saturated rings. The van der Waals surface area contributed by atoms with Gasteiger partial charge in [-0.15, -0.1) is 0 Å². The number of benzene rings is 1. The minimum atomic E-state index is -5.36. The lowest BCUT2D eigenvalue weighted by Crippen LogP contribution is -2.60. The number of halogens is 7.